The van der Waals surface area contributed by atoms with E-state index in [2.05, 4.69) is 5.32 Å². The summed E-state index contributed by atoms with van der Waals surface area (Å²) >= 11 is 0. The van der Waals surface area contributed by atoms with Crippen LogP contribution in [0.1, 0.15) is 20.7 Å². The van der Waals surface area contributed by atoms with Gasteiger partial charge in [0.1, 0.15) is 0 Å². The van der Waals surface area contributed by atoms with Crippen LogP contribution in [0.5, 0.6) is 0 Å². The van der Waals surface area contributed by atoms with E-state index in [9.17, 15) is 14.4 Å². The van der Waals surface area contributed by atoms with Gasteiger partial charge in [-0.05, 0) is 24.3 Å². The average molecular weight is 326 g/mol. The van der Waals surface area contributed by atoms with Crippen LogP contribution in [0, 0.1) is 0 Å². The number of hydrogen-bond donors (Lipinski definition) is 3. The molecule has 1 unspecified atom stereocenters. The van der Waals surface area contributed by atoms with E-state index in [1.54, 1.807) is 36.4 Å². The summed E-state index contributed by atoms with van der Waals surface area (Å²) in [6, 6.07) is 15.2. The van der Waals surface area contributed by atoms with Crippen molar-refractivity contribution in [3.05, 3.63) is 71.8 Å². The van der Waals surface area contributed by atoms with Crippen molar-refractivity contribution in [3.8, 4) is 0 Å². The quantitative estimate of drug-likeness (QED) is 0.570. The first-order valence-corrected chi connectivity index (χ1v) is 7.29. The van der Waals surface area contributed by atoms with Crippen LogP contribution < -0.4 is 16.8 Å². The van der Waals surface area contributed by atoms with Gasteiger partial charge in [-0.15, -0.1) is 0 Å². The summed E-state index contributed by atoms with van der Waals surface area (Å²) in [5.41, 5.74) is 11.4. The second-order valence-electron chi connectivity index (χ2n) is 4.97. The minimum atomic E-state index is -0.921. The van der Waals surface area contributed by atoms with Gasteiger partial charge in [0.25, 0.3) is 11.8 Å². The van der Waals surface area contributed by atoms with E-state index in [4.69, 9.17) is 11.5 Å². The molecule has 1 atom stereocenters. The smallest absolute Gasteiger partial charge is 0.327 e. The standard InChI is InChI=1S/C17H18N4O3/c18-11-14(19)20-17(24)21(15(22)12-7-3-1-4-8-12)16(23)13-9-5-2-6-10-13/h1-10,14H,11,18-19H2,(H,20,24). The van der Waals surface area contributed by atoms with E-state index in [1.165, 1.54) is 24.3 Å². The van der Waals surface area contributed by atoms with Crippen LogP contribution >= 0.6 is 0 Å². The molecule has 5 N–H and O–H groups in total. The molecular weight excluding hydrogens is 308 g/mol. The van der Waals surface area contributed by atoms with Crippen molar-refractivity contribution < 1.29 is 14.4 Å². The van der Waals surface area contributed by atoms with Crippen LogP contribution in [0.25, 0.3) is 0 Å². The molecule has 0 bridgehead atoms. The van der Waals surface area contributed by atoms with E-state index in [0.29, 0.717) is 4.90 Å². The Balaban J connectivity index is 2.36. The Kier molecular flexibility index (Phi) is 5.78. The predicted molar refractivity (Wildman–Crippen MR) is 88.9 cm³/mol. The molecule has 124 valence electrons. The number of nitrogens with two attached hydrogens (primary N) is 2. The summed E-state index contributed by atoms with van der Waals surface area (Å²) in [6.07, 6.45) is -0.868. The molecule has 2 aromatic carbocycles. The number of urea groups is 1. The number of nitrogens with zero attached hydrogens (tertiary/aromatic N) is 1. The molecule has 0 saturated heterocycles. The molecule has 24 heavy (non-hydrogen) atoms. The van der Waals surface area contributed by atoms with Crippen molar-refractivity contribution in [2.24, 2.45) is 11.5 Å². The maximum absolute atomic E-state index is 12.6. The first-order valence-electron chi connectivity index (χ1n) is 7.29. The van der Waals surface area contributed by atoms with Gasteiger partial charge >= 0.3 is 6.03 Å². The van der Waals surface area contributed by atoms with E-state index in [-0.39, 0.29) is 17.7 Å². The maximum Gasteiger partial charge on any atom is 0.332 e. The van der Waals surface area contributed by atoms with Crippen LogP contribution in [0.2, 0.25) is 0 Å². The topological polar surface area (TPSA) is 119 Å². The van der Waals surface area contributed by atoms with Crippen molar-refractivity contribution in [2.45, 2.75) is 6.17 Å². The van der Waals surface area contributed by atoms with E-state index in [1.807, 2.05) is 0 Å². The fourth-order valence-electron chi connectivity index (χ4n) is 1.98. The molecule has 0 saturated carbocycles. The van der Waals surface area contributed by atoms with Crippen molar-refractivity contribution in [2.75, 3.05) is 6.54 Å². The first kappa shape index (κ1) is 17.3. The van der Waals surface area contributed by atoms with Crippen LogP contribution in [-0.2, 0) is 0 Å². The van der Waals surface area contributed by atoms with Crippen LogP contribution in [0.4, 0.5) is 4.79 Å². The lowest BCUT2D eigenvalue weighted by atomic mass is 10.1. The highest BCUT2D eigenvalue weighted by Gasteiger charge is 2.31. The maximum atomic E-state index is 12.6. The Hall–Kier alpha value is -3.03. The molecule has 0 spiro atoms. The molecule has 7 nitrogen and oxygen atoms in total. The van der Waals surface area contributed by atoms with Crippen LogP contribution in [0.3, 0.4) is 0 Å². The fourth-order valence-corrected chi connectivity index (χ4v) is 1.98. The van der Waals surface area contributed by atoms with Crippen LogP contribution in [0.15, 0.2) is 60.7 Å². The van der Waals surface area contributed by atoms with E-state index < -0.39 is 24.0 Å². The summed E-state index contributed by atoms with van der Waals surface area (Å²) in [5, 5.41) is 2.33. The summed E-state index contributed by atoms with van der Waals surface area (Å²) in [5.74, 6) is -1.49. The van der Waals surface area contributed by atoms with Crippen LogP contribution in [-0.4, -0.2) is 35.5 Å². The minimum absolute atomic E-state index is 0.0291. The highest BCUT2D eigenvalue weighted by atomic mass is 16.2. The third kappa shape index (κ3) is 4.03. The number of carbonyl (C=O) groups excluding carboxylic acids is 3. The Labute approximate surface area is 139 Å². The molecule has 0 aliphatic heterocycles. The molecule has 0 aromatic heterocycles. The van der Waals surface area contributed by atoms with Gasteiger partial charge in [-0.2, -0.15) is 4.90 Å². The molecular formula is C17H18N4O3. The van der Waals surface area contributed by atoms with Gasteiger partial charge in [-0.1, -0.05) is 36.4 Å². The van der Waals surface area contributed by atoms with Gasteiger partial charge in [0, 0.05) is 17.7 Å². The van der Waals surface area contributed by atoms with Gasteiger partial charge < -0.3 is 16.8 Å². The number of rotatable bonds is 4. The SMILES string of the molecule is NCC(N)NC(=O)N(C(=O)c1ccccc1)C(=O)c1ccccc1. The van der Waals surface area contributed by atoms with E-state index >= 15 is 0 Å². The van der Waals surface area contributed by atoms with Gasteiger partial charge in [0.15, 0.2) is 0 Å². The Bertz CT molecular complexity index is 668. The third-order valence-corrected chi connectivity index (χ3v) is 3.21. The van der Waals surface area contributed by atoms with Gasteiger partial charge in [-0.25, -0.2) is 4.79 Å². The second kappa shape index (κ2) is 8.00. The second-order valence-corrected chi connectivity index (χ2v) is 4.97. The summed E-state index contributed by atoms with van der Waals surface area (Å²) in [7, 11) is 0. The number of imide groups is 3. The lowest BCUT2D eigenvalue weighted by Gasteiger charge is -2.21. The van der Waals surface area contributed by atoms with Crippen molar-refractivity contribution in [1.29, 1.82) is 0 Å². The van der Waals surface area contributed by atoms with Crippen molar-refractivity contribution in [1.82, 2.24) is 10.2 Å². The molecule has 7 heteroatoms. The number of amides is 4. The largest absolute Gasteiger partial charge is 0.332 e. The molecule has 4 amide bonds. The highest BCUT2D eigenvalue weighted by molar-refractivity contribution is 6.20. The zero-order valence-corrected chi connectivity index (χ0v) is 12.9. The number of nitrogens with one attached hydrogen (secondary N) is 1. The van der Waals surface area contributed by atoms with Gasteiger partial charge in [0.2, 0.25) is 0 Å². The Morgan fingerprint density at radius 1 is 0.875 bits per heavy atom. The van der Waals surface area contributed by atoms with E-state index in [0.717, 1.165) is 0 Å². The fraction of sp³-hybridized carbons (Fsp3) is 0.118. The Morgan fingerprint density at radius 3 is 1.67 bits per heavy atom. The average Bonchev–Trinajstić information content (AvgIpc) is 2.63. The third-order valence-electron chi connectivity index (χ3n) is 3.21. The zero-order valence-electron chi connectivity index (χ0n) is 12.9. The first-order chi connectivity index (χ1) is 11.5. The normalized spacial score (nSPS) is 11.4. The number of hydrogen-bond acceptors (Lipinski definition) is 5. The number of carbonyl (C=O) groups is 3. The zero-order chi connectivity index (χ0) is 17.5. The lowest BCUT2D eigenvalue weighted by molar-refractivity contribution is 0.0665. The highest BCUT2D eigenvalue weighted by Crippen LogP contribution is 2.11. The van der Waals surface area contributed by atoms with Gasteiger partial charge in [-0.3, -0.25) is 9.59 Å². The van der Waals surface area contributed by atoms with Crippen molar-refractivity contribution >= 4 is 17.8 Å². The lowest BCUT2D eigenvalue weighted by Crippen LogP contribution is -2.54. The molecule has 0 aliphatic carbocycles. The summed E-state index contributed by atoms with van der Waals surface area (Å²) in [6.45, 7) is -0.0291. The van der Waals surface area contributed by atoms with Crippen molar-refractivity contribution in [3.63, 3.8) is 0 Å². The predicted octanol–water partition coefficient (Wildman–Crippen LogP) is 0.922. The molecule has 2 aromatic rings. The molecule has 0 aliphatic rings. The minimum Gasteiger partial charge on any atom is -0.327 e. The molecule has 2 rings (SSSR count). The van der Waals surface area contributed by atoms with Gasteiger partial charge in [0.05, 0.1) is 6.17 Å². The Morgan fingerprint density at radius 2 is 1.29 bits per heavy atom. The number of benzene rings is 2. The summed E-state index contributed by atoms with van der Waals surface area (Å²) < 4.78 is 0. The monoisotopic (exact) mass is 326 g/mol. The molecule has 0 heterocycles. The molecule has 0 fully saturated rings. The molecule has 0 radical (unpaired) electrons. The summed E-state index contributed by atoms with van der Waals surface area (Å²) in [4.78, 5) is 38.2.